The van der Waals surface area contributed by atoms with Gasteiger partial charge in [0.1, 0.15) is 61.5 Å². The smallest absolute Gasteiger partial charge is 0.335 e. The molecule has 3 aliphatic rings. The zero-order chi connectivity index (χ0) is 52.7. The Bertz CT molecular complexity index is 2760. The van der Waals surface area contributed by atoms with Crippen molar-refractivity contribution < 1.29 is 77.3 Å². The largest absolute Gasteiger partial charge is 0.488 e. The number of aliphatic hydroxyl groups excluding tert-OH is 3. The monoisotopic (exact) mass is 1040 g/mol. The van der Waals surface area contributed by atoms with E-state index >= 15 is 0 Å². The van der Waals surface area contributed by atoms with Crippen molar-refractivity contribution in [3.05, 3.63) is 84.7 Å². The minimum atomic E-state index is -1.93. The van der Waals surface area contributed by atoms with E-state index in [0.29, 0.717) is 35.8 Å². The number of carboxylic acids is 1. The van der Waals surface area contributed by atoms with E-state index in [9.17, 15) is 44.4 Å². The average molecular weight is 1040 g/mol. The molecular weight excluding hydrogens is 979 g/mol. The molecule has 5 heterocycles. The molecule has 24 heteroatoms. The van der Waals surface area contributed by atoms with Gasteiger partial charge in [-0.3, -0.25) is 34.3 Å². The zero-order valence-electron chi connectivity index (χ0n) is 41.1. The van der Waals surface area contributed by atoms with Crippen molar-refractivity contribution in [3.63, 3.8) is 0 Å². The molecule has 0 saturated carbocycles. The number of amides is 4. The van der Waals surface area contributed by atoms with Crippen molar-refractivity contribution >= 4 is 46.2 Å². The second kappa shape index (κ2) is 25.9. The van der Waals surface area contributed by atoms with Gasteiger partial charge >= 0.3 is 5.97 Å². The fourth-order valence-corrected chi connectivity index (χ4v) is 9.13. The summed E-state index contributed by atoms with van der Waals surface area (Å²) in [5, 5.41) is 62.2. The molecule has 75 heavy (non-hydrogen) atoms. The first kappa shape index (κ1) is 54.1. The molecule has 8 N–H and O–H groups in total. The van der Waals surface area contributed by atoms with Crippen LogP contribution < -0.4 is 20.1 Å². The van der Waals surface area contributed by atoms with Gasteiger partial charge in [0.15, 0.2) is 11.9 Å². The van der Waals surface area contributed by atoms with E-state index in [4.69, 9.17) is 28.4 Å². The maximum atomic E-state index is 13.5. The van der Waals surface area contributed by atoms with E-state index in [1.54, 1.807) is 18.2 Å². The Balaban J connectivity index is 0.847. The van der Waals surface area contributed by atoms with Crippen LogP contribution in [-0.2, 0) is 49.5 Å². The van der Waals surface area contributed by atoms with Crippen molar-refractivity contribution in [1.29, 1.82) is 0 Å². The number of aromatic amines is 2. The van der Waals surface area contributed by atoms with Crippen molar-refractivity contribution in [3.8, 4) is 34.1 Å². The summed E-state index contributed by atoms with van der Waals surface area (Å²) in [5.74, 6) is -1.82. The summed E-state index contributed by atoms with van der Waals surface area (Å²) in [6, 6.07) is 18.8. The van der Waals surface area contributed by atoms with Gasteiger partial charge in [-0.1, -0.05) is 12.1 Å². The first-order valence-corrected chi connectivity index (χ1v) is 24.8. The molecule has 5 aromatic rings. The third-order valence-electron chi connectivity index (χ3n) is 13.1. The van der Waals surface area contributed by atoms with Gasteiger partial charge in [-0.05, 0) is 67.8 Å². The second-order valence-corrected chi connectivity index (χ2v) is 18.4. The fourth-order valence-electron chi connectivity index (χ4n) is 9.13. The van der Waals surface area contributed by atoms with Crippen LogP contribution in [0.25, 0.3) is 33.5 Å². The van der Waals surface area contributed by atoms with Crippen LogP contribution in [0.5, 0.6) is 11.5 Å². The minimum Gasteiger partial charge on any atom is -0.488 e. The molecule has 24 nitrogen and oxygen atoms in total. The lowest BCUT2D eigenvalue weighted by molar-refractivity contribution is -0.945. The van der Waals surface area contributed by atoms with Gasteiger partial charge in [-0.2, -0.15) is 10.2 Å². The molecule has 0 radical (unpaired) electrons. The fraction of sp³-hybridized carbons (Fsp3) is 0.451. The summed E-state index contributed by atoms with van der Waals surface area (Å²) < 4.78 is 34.8. The number of aromatic nitrogens is 5. The number of H-pyrrole nitrogens is 2. The zero-order valence-corrected chi connectivity index (χ0v) is 41.1. The number of carbonyl (C=O) groups excluding carboxylic acids is 4. The SMILES string of the molecule is O=C(CCOCCOCCOCCN1C(=O)C=CC1=O)NCCC(=O)Nc1cc(C[N+]2(CCOc3cccc(-c4n[nH]c5ccc(-c6ncn[nH]6)cc45)c3)CCCCC2)ccc1O[C@@H]1O[C@H](C(=O)O)[C@@H](O)[C@H](O)[C@H]1O. The summed E-state index contributed by atoms with van der Waals surface area (Å²) in [6.07, 6.45) is -2.47. The number of nitrogens with zero attached hydrogens (tertiary/aromatic N) is 5. The van der Waals surface area contributed by atoms with Gasteiger partial charge in [0.25, 0.3) is 11.8 Å². The van der Waals surface area contributed by atoms with Crippen LogP contribution in [0.1, 0.15) is 37.7 Å². The third-order valence-corrected chi connectivity index (χ3v) is 13.1. The van der Waals surface area contributed by atoms with Crippen molar-refractivity contribution in [1.82, 2.24) is 35.6 Å². The molecular formula is C51H62N9O15+. The molecule has 0 bridgehead atoms. The highest BCUT2D eigenvalue weighted by Gasteiger charge is 2.48. The van der Waals surface area contributed by atoms with Crippen LogP contribution >= 0.6 is 0 Å². The van der Waals surface area contributed by atoms with Gasteiger partial charge in [-0.15, -0.1) is 0 Å². The number of fused-ring (bicyclic) bond motifs is 1. The Morgan fingerprint density at radius 3 is 2.29 bits per heavy atom. The number of ether oxygens (including phenoxy) is 6. The maximum Gasteiger partial charge on any atom is 0.335 e. The number of benzene rings is 3. The Kier molecular flexibility index (Phi) is 18.7. The van der Waals surface area contributed by atoms with Crippen molar-refractivity contribution in [2.24, 2.45) is 0 Å². The second-order valence-electron chi connectivity index (χ2n) is 18.4. The van der Waals surface area contributed by atoms with E-state index in [2.05, 4.69) is 36.0 Å². The summed E-state index contributed by atoms with van der Waals surface area (Å²) in [6.45, 7) is 4.81. The number of hydrogen-bond donors (Lipinski definition) is 8. The van der Waals surface area contributed by atoms with E-state index < -0.39 is 42.6 Å². The first-order chi connectivity index (χ1) is 36.4. The van der Waals surface area contributed by atoms with Gasteiger partial charge in [-0.25, -0.2) is 9.78 Å². The number of quaternary nitrogens is 1. The lowest BCUT2D eigenvalue weighted by atomic mass is 9.99. The van der Waals surface area contributed by atoms with Crippen LogP contribution in [-0.4, -0.2) is 194 Å². The summed E-state index contributed by atoms with van der Waals surface area (Å²) in [7, 11) is 0. The summed E-state index contributed by atoms with van der Waals surface area (Å²) in [5.41, 5.74) is 4.39. The third kappa shape index (κ3) is 14.4. The average Bonchev–Trinajstić information content (AvgIpc) is 4.17. The van der Waals surface area contributed by atoms with E-state index in [-0.39, 0.29) is 94.7 Å². The highest BCUT2D eigenvalue weighted by Crippen LogP contribution is 2.34. The van der Waals surface area contributed by atoms with Gasteiger partial charge in [0.2, 0.25) is 18.1 Å². The van der Waals surface area contributed by atoms with Crippen LogP contribution in [0.4, 0.5) is 5.69 Å². The molecule has 2 aromatic heterocycles. The van der Waals surface area contributed by atoms with Crippen LogP contribution in [0.2, 0.25) is 0 Å². The quantitative estimate of drug-likeness (QED) is 0.0211. The molecule has 2 fully saturated rings. The standard InChI is InChI=1S/C51H61N9O15/c61-40(14-20-70-23-25-72-26-24-71-21-16-59-42(63)11-12-43(59)64)52-15-13-41(62)55-38-27-32(7-10-39(38)74-51-47(67)45(65)46(66)48(75-51)50(68)69)30-60(17-2-1-3-18-60)19-22-73-35-6-4-5-33(28-35)44-36-29-34(49-53-31-54-58-49)8-9-37(36)56-57-44/h4-12,27-29,31,45-48,51,65-67H,1-3,13-26,30H2,(H4-,52,53,54,55,56,57,58,61,62,63,64,68,69)/p+1/t45-,46-,47+,48-,51+/m0/s1. The minimum absolute atomic E-state index is 0.000429. The molecule has 3 aromatic carbocycles. The molecule has 4 amide bonds. The number of carboxylic acid groups (broad SMARTS) is 1. The molecule has 0 aliphatic carbocycles. The van der Waals surface area contributed by atoms with Crippen LogP contribution in [0.15, 0.2) is 79.1 Å². The summed E-state index contributed by atoms with van der Waals surface area (Å²) in [4.78, 5) is 66.4. The number of piperidine rings is 1. The van der Waals surface area contributed by atoms with Gasteiger partial charge in [0, 0.05) is 53.6 Å². The first-order valence-electron chi connectivity index (χ1n) is 24.8. The topological polar surface area (TPSA) is 319 Å². The lowest BCUT2D eigenvalue weighted by Crippen LogP contribution is -2.61. The normalized spacial score (nSPS) is 20.4. The molecule has 400 valence electrons. The molecule has 2 saturated heterocycles. The molecule has 5 atom stereocenters. The Hall–Kier alpha value is -7.16. The highest BCUT2D eigenvalue weighted by atomic mass is 16.7. The van der Waals surface area contributed by atoms with Crippen LogP contribution in [0, 0.1) is 0 Å². The molecule has 0 unspecified atom stereocenters. The Morgan fingerprint density at radius 2 is 1.55 bits per heavy atom. The number of aliphatic carboxylic acids is 1. The molecule has 0 spiro atoms. The van der Waals surface area contributed by atoms with E-state index in [1.165, 1.54) is 18.5 Å². The Labute approximate surface area is 430 Å². The number of carbonyl (C=O) groups is 5. The number of anilines is 1. The number of likely N-dealkylation sites (tertiary alicyclic amines) is 1. The van der Waals surface area contributed by atoms with Crippen molar-refractivity contribution in [2.45, 2.75) is 69.4 Å². The van der Waals surface area contributed by atoms with Gasteiger partial charge < -0.3 is 64.0 Å². The number of imide groups is 1. The molecule has 3 aliphatic heterocycles. The predicted octanol–water partition coefficient (Wildman–Crippen LogP) is 1.68. The maximum absolute atomic E-state index is 13.5. The lowest BCUT2D eigenvalue weighted by Gasteiger charge is -2.41. The van der Waals surface area contributed by atoms with E-state index in [1.807, 2.05) is 42.5 Å². The highest BCUT2D eigenvalue weighted by molar-refractivity contribution is 6.12. The number of hydrogen-bond acceptors (Lipinski definition) is 17. The Morgan fingerprint density at radius 1 is 0.787 bits per heavy atom. The number of aliphatic hydroxyl groups is 3. The van der Waals surface area contributed by atoms with Crippen LogP contribution in [0.3, 0.4) is 0 Å². The van der Waals surface area contributed by atoms with E-state index in [0.717, 1.165) is 70.5 Å². The molecule has 8 rings (SSSR count). The summed E-state index contributed by atoms with van der Waals surface area (Å²) >= 11 is 0. The van der Waals surface area contributed by atoms with Crippen molar-refractivity contribution in [2.75, 3.05) is 84.3 Å². The van der Waals surface area contributed by atoms with Gasteiger partial charge in [0.05, 0.1) is 70.5 Å². The predicted molar refractivity (Wildman–Crippen MR) is 265 cm³/mol. The number of rotatable bonds is 27. The number of nitrogens with one attached hydrogen (secondary N) is 4.